The highest BCUT2D eigenvalue weighted by molar-refractivity contribution is 7.88. The molecular formula is C23H30N4O4S. The lowest BCUT2D eigenvalue weighted by Gasteiger charge is -2.42. The molecule has 1 aliphatic rings. The van der Waals surface area contributed by atoms with Gasteiger partial charge in [0.25, 0.3) is 5.91 Å². The summed E-state index contributed by atoms with van der Waals surface area (Å²) in [6.07, 6.45) is -0.0418. The van der Waals surface area contributed by atoms with Crippen LogP contribution in [0.5, 0.6) is 0 Å². The first kappa shape index (κ1) is 23.9. The van der Waals surface area contributed by atoms with Gasteiger partial charge in [0, 0.05) is 32.6 Å². The molecule has 1 atom stereocenters. The van der Waals surface area contributed by atoms with Crippen LogP contribution >= 0.6 is 0 Å². The summed E-state index contributed by atoms with van der Waals surface area (Å²) in [5.41, 5.74) is 7.14. The Kier molecular flexibility index (Phi) is 8.38. The fourth-order valence-electron chi connectivity index (χ4n) is 3.82. The van der Waals surface area contributed by atoms with Crippen molar-refractivity contribution in [1.29, 1.82) is 0 Å². The van der Waals surface area contributed by atoms with Crippen LogP contribution in [0.4, 0.5) is 0 Å². The molecular weight excluding hydrogens is 428 g/mol. The zero-order valence-electron chi connectivity index (χ0n) is 18.0. The molecule has 0 radical (unpaired) electrons. The third-order valence-corrected chi connectivity index (χ3v) is 7.16. The van der Waals surface area contributed by atoms with Crippen molar-refractivity contribution >= 4 is 21.8 Å². The maximum absolute atomic E-state index is 13.3. The molecule has 0 aromatic heterocycles. The highest BCUT2D eigenvalue weighted by atomic mass is 32.2. The molecule has 3 N–H and O–H groups in total. The second-order valence-corrected chi connectivity index (χ2v) is 9.65. The number of sulfonamides is 1. The summed E-state index contributed by atoms with van der Waals surface area (Å²) < 4.78 is 27.7. The number of carbonyl (C=O) groups is 2. The molecule has 3 rings (SSSR count). The first-order valence-corrected chi connectivity index (χ1v) is 12.4. The molecule has 9 heteroatoms. The quantitative estimate of drug-likeness (QED) is 0.584. The van der Waals surface area contributed by atoms with E-state index in [-0.39, 0.29) is 37.7 Å². The number of aryl methyl sites for hydroxylation is 1. The van der Waals surface area contributed by atoms with Crippen molar-refractivity contribution < 1.29 is 18.0 Å². The van der Waals surface area contributed by atoms with Crippen LogP contribution < -0.4 is 11.1 Å². The van der Waals surface area contributed by atoms with E-state index in [0.29, 0.717) is 24.9 Å². The van der Waals surface area contributed by atoms with Crippen LogP contribution in [0.2, 0.25) is 0 Å². The Morgan fingerprint density at radius 1 is 0.969 bits per heavy atom. The predicted molar refractivity (Wildman–Crippen MR) is 123 cm³/mol. The first-order chi connectivity index (χ1) is 15.4. The lowest BCUT2D eigenvalue weighted by molar-refractivity contribution is -0.147. The van der Waals surface area contributed by atoms with Crippen molar-refractivity contribution in [3.8, 4) is 0 Å². The second kappa shape index (κ2) is 11.2. The van der Waals surface area contributed by atoms with Crippen LogP contribution in [0.15, 0.2) is 60.7 Å². The van der Waals surface area contributed by atoms with Gasteiger partial charge in [-0.1, -0.05) is 60.7 Å². The maximum atomic E-state index is 13.3. The normalized spacial score (nSPS) is 17.2. The molecule has 1 saturated heterocycles. The number of nitrogens with one attached hydrogen (secondary N) is 1. The van der Waals surface area contributed by atoms with Crippen molar-refractivity contribution in [1.82, 2.24) is 14.5 Å². The average molecular weight is 459 g/mol. The van der Waals surface area contributed by atoms with Gasteiger partial charge in [-0.15, -0.1) is 0 Å². The molecule has 172 valence electrons. The summed E-state index contributed by atoms with van der Waals surface area (Å²) >= 11 is 0. The van der Waals surface area contributed by atoms with Gasteiger partial charge in [0.15, 0.2) is 6.17 Å². The van der Waals surface area contributed by atoms with Crippen LogP contribution in [0.3, 0.4) is 0 Å². The number of nitrogens with zero attached hydrogens (tertiary/aromatic N) is 2. The van der Waals surface area contributed by atoms with Crippen LogP contribution in [0, 0.1) is 0 Å². The first-order valence-electron chi connectivity index (χ1n) is 10.8. The van der Waals surface area contributed by atoms with E-state index >= 15 is 0 Å². The van der Waals surface area contributed by atoms with Gasteiger partial charge in [0.2, 0.25) is 15.9 Å². The van der Waals surface area contributed by atoms with Gasteiger partial charge in [-0.05, 0) is 24.0 Å². The molecule has 0 saturated carbocycles. The fourth-order valence-corrected chi connectivity index (χ4v) is 5.52. The molecule has 0 aliphatic carbocycles. The zero-order valence-corrected chi connectivity index (χ0v) is 18.8. The van der Waals surface area contributed by atoms with Gasteiger partial charge in [0.1, 0.15) is 0 Å². The number of carbonyl (C=O) groups excluding carboxylic acids is 2. The topological polar surface area (TPSA) is 113 Å². The van der Waals surface area contributed by atoms with Crippen molar-refractivity contribution in [2.24, 2.45) is 5.73 Å². The molecule has 8 nitrogen and oxygen atoms in total. The third-order valence-electron chi connectivity index (χ3n) is 5.36. The van der Waals surface area contributed by atoms with E-state index in [0.717, 1.165) is 9.87 Å². The van der Waals surface area contributed by atoms with Gasteiger partial charge in [0.05, 0.1) is 5.75 Å². The van der Waals surface area contributed by atoms with Gasteiger partial charge in [-0.2, -0.15) is 4.31 Å². The fraction of sp³-hybridized carbons (Fsp3) is 0.391. The number of hydrogen-bond donors (Lipinski definition) is 2. The van der Waals surface area contributed by atoms with Gasteiger partial charge >= 0.3 is 0 Å². The maximum Gasteiger partial charge on any atom is 0.259 e. The minimum atomic E-state index is -3.84. The average Bonchev–Trinajstić information content (AvgIpc) is 2.81. The Morgan fingerprint density at radius 2 is 1.59 bits per heavy atom. The Labute approximate surface area is 189 Å². The number of hydrogen-bond acceptors (Lipinski definition) is 5. The van der Waals surface area contributed by atoms with Crippen molar-refractivity contribution in [3.63, 3.8) is 0 Å². The second-order valence-electron chi connectivity index (χ2n) is 7.73. The molecule has 32 heavy (non-hydrogen) atoms. The summed E-state index contributed by atoms with van der Waals surface area (Å²) in [5.74, 6) is -1.01. The minimum Gasteiger partial charge on any atom is -0.352 e. The highest BCUT2D eigenvalue weighted by Crippen LogP contribution is 2.23. The molecule has 1 fully saturated rings. The molecule has 2 aromatic rings. The van der Waals surface area contributed by atoms with E-state index in [1.54, 1.807) is 24.3 Å². The van der Waals surface area contributed by atoms with Gasteiger partial charge < -0.3 is 16.0 Å². The number of rotatable bonds is 9. The molecule has 1 aliphatic heterocycles. The Hall–Kier alpha value is -2.75. The molecule has 1 unspecified atom stereocenters. The Bertz CT molecular complexity index is 999. The number of nitrogens with two attached hydrogens (primary N) is 1. The van der Waals surface area contributed by atoms with Crippen LogP contribution in [0.1, 0.15) is 24.0 Å². The molecule has 0 spiro atoms. The van der Waals surface area contributed by atoms with Crippen LogP contribution in [-0.4, -0.2) is 61.8 Å². The zero-order chi connectivity index (χ0) is 23.0. The summed E-state index contributed by atoms with van der Waals surface area (Å²) in [5, 5.41) is 2.66. The highest BCUT2D eigenvalue weighted by Gasteiger charge is 2.43. The summed E-state index contributed by atoms with van der Waals surface area (Å²) in [6.45, 7) is 0.926. The van der Waals surface area contributed by atoms with Crippen molar-refractivity contribution in [2.75, 3.05) is 26.2 Å². The van der Waals surface area contributed by atoms with Crippen molar-refractivity contribution in [2.45, 2.75) is 31.2 Å². The van der Waals surface area contributed by atoms with E-state index in [2.05, 4.69) is 5.32 Å². The monoisotopic (exact) mass is 458 g/mol. The summed E-state index contributed by atoms with van der Waals surface area (Å²) in [7, 11) is -3.84. The predicted octanol–water partition coefficient (Wildman–Crippen LogP) is 1.08. The Balaban J connectivity index is 1.82. The third kappa shape index (κ3) is 6.15. The summed E-state index contributed by atoms with van der Waals surface area (Å²) in [4.78, 5) is 27.5. The lowest BCUT2D eigenvalue weighted by atomic mass is 10.1. The number of amides is 2. The smallest absolute Gasteiger partial charge is 0.259 e. The van der Waals surface area contributed by atoms with E-state index in [4.69, 9.17) is 5.73 Å². The van der Waals surface area contributed by atoms with Gasteiger partial charge in [-0.25, -0.2) is 8.42 Å². The molecule has 0 bridgehead atoms. The summed E-state index contributed by atoms with van der Waals surface area (Å²) in [6, 6.07) is 18.4. The van der Waals surface area contributed by atoms with Crippen LogP contribution in [-0.2, 0) is 31.8 Å². The molecule has 1 heterocycles. The Morgan fingerprint density at radius 3 is 2.22 bits per heavy atom. The lowest BCUT2D eigenvalue weighted by Crippen LogP contribution is -2.63. The van der Waals surface area contributed by atoms with E-state index in [1.165, 1.54) is 4.90 Å². The standard InChI is InChI=1S/C23H30N4O4S/c24-14-15-25-22(29)23-26(21(28)13-12-19-8-3-1-4-9-19)16-7-17-27(23)32(30,31)18-20-10-5-2-6-11-20/h1-6,8-11,23H,7,12-18,24H2,(H,25,29). The number of benzene rings is 2. The molecule has 2 amide bonds. The largest absolute Gasteiger partial charge is 0.352 e. The minimum absolute atomic E-state index is 0.179. The SMILES string of the molecule is NCCNC(=O)C1N(C(=O)CCc2ccccc2)CCCN1S(=O)(=O)Cc1ccccc1. The van der Waals surface area contributed by atoms with E-state index in [9.17, 15) is 18.0 Å². The van der Waals surface area contributed by atoms with Crippen molar-refractivity contribution in [3.05, 3.63) is 71.8 Å². The van der Waals surface area contributed by atoms with E-state index in [1.807, 2.05) is 36.4 Å². The van der Waals surface area contributed by atoms with Gasteiger partial charge in [-0.3, -0.25) is 9.59 Å². The molecule has 2 aromatic carbocycles. The van der Waals surface area contributed by atoms with Crippen LogP contribution in [0.25, 0.3) is 0 Å². The van der Waals surface area contributed by atoms with E-state index < -0.39 is 22.1 Å².